The average Bonchev–Trinajstić information content (AvgIpc) is 2.73. The average molecular weight is 408 g/mol. The minimum atomic E-state index is -0.418. The van der Waals surface area contributed by atoms with Gasteiger partial charge in [-0.05, 0) is 42.4 Å². The van der Waals surface area contributed by atoms with E-state index < -0.39 is 5.97 Å². The molecule has 1 fully saturated rings. The lowest BCUT2D eigenvalue weighted by molar-refractivity contribution is -0.148. The van der Waals surface area contributed by atoms with Crippen LogP contribution in [-0.2, 0) is 20.7 Å². The number of rotatable bonds is 9. The maximum absolute atomic E-state index is 12.1. The van der Waals surface area contributed by atoms with Gasteiger partial charge in [-0.15, -0.1) is 0 Å². The lowest BCUT2D eigenvalue weighted by atomic mass is 9.78. The summed E-state index contributed by atoms with van der Waals surface area (Å²) in [5, 5.41) is 3.01. The van der Waals surface area contributed by atoms with Crippen molar-refractivity contribution in [3.8, 4) is 17.2 Å². The van der Waals surface area contributed by atoms with Gasteiger partial charge >= 0.3 is 5.97 Å². The van der Waals surface area contributed by atoms with E-state index in [9.17, 15) is 9.59 Å². The zero-order valence-corrected chi connectivity index (χ0v) is 18.1. The largest absolute Gasteiger partial charge is 0.493 e. The van der Waals surface area contributed by atoms with Crippen LogP contribution in [0.1, 0.15) is 45.1 Å². The van der Waals surface area contributed by atoms with Crippen LogP contribution >= 0.6 is 0 Å². The number of aryl methyl sites for hydroxylation is 1. The minimum absolute atomic E-state index is 0.156. The molecule has 1 saturated carbocycles. The lowest BCUT2D eigenvalue weighted by Gasteiger charge is -2.34. The summed E-state index contributed by atoms with van der Waals surface area (Å²) in [6, 6.07) is 3.75. The number of ether oxygens (including phenoxy) is 4. The molecule has 1 aliphatic rings. The van der Waals surface area contributed by atoms with Crippen molar-refractivity contribution in [1.29, 1.82) is 0 Å². The fourth-order valence-electron chi connectivity index (χ4n) is 3.78. The Morgan fingerprint density at radius 2 is 1.69 bits per heavy atom. The van der Waals surface area contributed by atoms with Gasteiger partial charge in [0.25, 0.3) is 5.91 Å². The number of amides is 1. The Kier molecular flexibility index (Phi) is 8.61. The van der Waals surface area contributed by atoms with E-state index >= 15 is 0 Å². The smallest absolute Gasteiger partial charge is 0.306 e. The Balaban J connectivity index is 1.82. The van der Waals surface area contributed by atoms with E-state index in [-0.39, 0.29) is 25.0 Å². The molecule has 0 unspecified atom stereocenters. The van der Waals surface area contributed by atoms with Crippen molar-refractivity contribution in [1.82, 2.24) is 5.32 Å². The summed E-state index contributed by atoms with van der Waals surface area (Å²) in [7, 11) is 4.63. The van der Waals surface area contributed by atoms with Crippen molar-refractivity contribution in [2.24, 2.45) is 11.8 Å². The molecular weight excluding hydrogens is 374 g/mol. The van der Waals surface area contributed by atoms with Crippen LogP contribution in [0.4, 0.5) is 0 Å². The molecule has 0 heterocycles. The Labute approximate surface area is 173 Å². The lowest BCUT2D eigenvalue weighted by Crippen LogP contribution is -2.45. The zero-order valence-electron chi connectivity index (χ0n) is 18.1. The molecule has 0 aromatic heterocycles. The quantitative estimate of drug-likeness (QED) is 0.633. The van der Waals surface area contributed by atoms with E-state index in [2.05, 4.69) is 19.2 Å². The van der Waals surface area contributed by atoms with E-state index in [1.807, 2.05) is 0 Å². The Morgan fingerprint density at radius 1 is 1.03 bits per heavy atom. The van der Waals surface area contributed by atoms with Crippen molar-refractivity contribution in [2.45, 2.75) is 52.0 Å². The van der Waals surface area contributed by atoms with Gasteiger partial charge in [-0.2, -0.15) is 0 Å². The summed E-state index contributed by atoms with van der Waals surface area (Å²) in [6.45, 7) is 4.13. The molecule has 0 bridgehead atoms. The molecule has 2 rings (SSSR count). The summed E-state index contributed by atoms with van der Waals surface area (Å²) in [4.78, 5) is 24.2. The fourth-order valence-corrected chi connectivity index (χ4v) is 3.78. The fraction of sp³-hybridized carbons (Fsp3) is 0.636. The second kappa shape index (κ2) is 10.9. The Hall–Kier alpha value is -2.44. The van der Waals surface area contributed by atoms with Gasteiger partial charge < -0.3 is 24.3 Å². The first-order valence-electron chi connectivity index (χ1n) is 10.1. The van der Waals surface area contributed by atoms with Crippen LogP contribution in [0.2, 0.25) is 0 Å². The summed E-state index contributed by atoms with van der Waals surface area (Å²) in [6.07, 6.45) is 3.89. The number of carbonyl (C=O) groups is 2. The molecule has 0 radical (unpaired) electrons. The molecule has 0 saturated heterocycles. The van der Waals surface area contributed by atoms with Crippen molar-refractivity contribution < 1.29 is 28.5 Å². The van der Waals surface area contributed by atoms with Crippen LogP contribution in [0.25, 0.3) is 0 Å². The molecule has 1 aliphatic carbocycles. The highest BCUT2D eigenvalue weighted by Crippen LogP contribution is 2.38. The van der Waals surface area contributed by atoms with Crippen LogP contribution in [0.15, 0.2) is 12.1 Å². The van der Waals surface area contributed by atoms with E-state index in [4.69, 9.17) is 18.9 Å². The summed E-state index contributed by atoms with van der Waals surface area (Å²) in [5.74, 6) is 1.94. The van der Waals surface area contributed by atoms with E-state index in [1.54, 1.807) is 26.4 Å². The standard InChI is InChI=1S/C22H33NO6/c1-14-7-6-8-17(15(14)2)23-20(24)13-29-21(25)10-9-16-11-18(26-3)22(28-5)19(12-16)27-4/h11-12,14-15,17H,6-10,13H2,1-5H3,(H,23,24)/t14-,15+,17+/m1/s1. The highest BCUT2D eigenvalue weighted by molar-refractivity contribution is 5.80. The van der Waals surface area contributed by atoms with Gasteiger partial charge in [-0.3, -0.25) is 9.59 Å². The number of methoxy groups -OCH3 is 3. The monoisotopic (exact) mass is 407 g/mol. The van der Waals surface area contributed by atoms with Crippen LogP contribution in [0.5, 0.6) is 17.2 Å². The van der Waals surface area contributed by atoms with E-state index in [1.165, 1.54) is 13.5 Å². The highest BCUT2D eigenvalue weighted by atomic mass is 16.5. The molecular formula is C22H33NO6. The van der Waals surface area contributed by atoms with Crippen LogP contribution in [-0.4, -0.2) is 45.9 Å². The summed E-state index contributed by atoms with van der Waals surface area (Å²) >= 11 is 0. The number of hydrogen-bond donors (Lipinski definition) is 1. The zero-order chi connectivity index (χ0) is 21.4. The normalized spacial score (nSPS) is 21.2. The van der Waals surface area contributed by atoms with Gasteiger partial charge in [-0.1, -0.05) is 26.7 Å². The first-order chi connectivity index (χ1) is 13.9. The number of nitrogens with one attached hydrogen (secondary N) is 1. The van der Waals surface area contributed by atoms with Gasteiger partial charge in [-0.25, -0.2) is 0 Å². The van der Waals surface area contributed by atoms with Crippen LogP contribution in [0, 0.1) is 11.8 Å². The predicted octanol–water partition coefficient (Wildman–Crippen LogP) is 3.13. The van der Waals surface area contributed by atoms with Crippen molar-refractivity contribution >= 4 is 11.9 Å². The maximum atomic E-state index is 12.1. The summed E-state index contributed by atoms with van der Waals surface area (Å²) in [5.41, 5.74) is 0.853. The SMILES string of the molecule is COc1cc(CCC(=O)OCC(=O)N[C@H]2CCC[C@@H](C)[C@@H]2C)cc(OC)c1OC. The molecule has 7 heteroatoms. The Morgan fingerprint density at radius 3 is 2.28 bits per heavy atom. The molecule has 29 heavy (non-hydrogen) atoms. The molecule has 7 nitrogen and oxygen atoms in total. The van der Waals surface area contributed by atoms with Crippen LogP contribution in [0.3, 0.4) is 0 Å². The Bertz CT molecular complexity index is 680. The van der Waals surface area contributed by atoms with Gasteiger partial charge in [0.05, 0.1) is 21.3 Å². The topological polar surface area (TPSA) is 83.1 Å². The van der Waals surface area contributed by atoms with Crippen molar-refractivity contribution in [2.75, 3.05) is 27.9 Å². The predicted molar refractivity (Wildman–Crippen MR) is 109 cm³/mol. The molecule has 0 spiro atoms. The number of hydrogen-bond acceptors (Lipinski definition) is 6. The highest BCUT2D eigenvalue weighted by Gasteiger charge is 2.28. The second-order valence-electron chi connectivity index (χ2n) is 7.64. The molecule has 1 aromatic rings. The van der Waals surface area contributed by atoms with Crippen LogP contribution < -0.4 is 19.5 Å². The first-order valence-corrected chi connectivity index (χ1v) is 10.1. The minimum Gasteiger partial charge on any atom is -0.493 e. The van der Waals surface area contributed by atoms with E-state index in [0.29, 0.717) is 35.5 Å². The molecule has 162 valence electrons. The van der Waals surface area contributed by atoms with Crippen molar-refractivity contribution in [3.05, 3.63) is 17.7 Å². The third-order valence-electron chi connectivity index (χ3n) is 5.76. The number of benzene rings is 1. The number of carbonyl (C=O) groups excluding carboxylic acids is 2. The van der Waals surface area contributed by atoms with Gasteiger partial charge in [0.2, 0.25) is 5.75 Å². The van der Waals surface area contributed by atoms with Gasteiger partial charge in [0.15, 0.2) is 18.1 Å². The second-order valence-corrected chi connectivity index (χ2v) is 7.64. The molecule has 3 atom stereocenters. The molecule has 1 N–H and O–H groups in total. The first kappa shape index (κ1) is 22.8. The number of esters is 1. The molecule has 1 aromatic carbocycles. The van der Waals surface area contributed by atoms with Gasteiger partial charge in [0.1, 0.15) is 0 Å². The third-order valence-corrected chi connectivity index (χ3v) is 5.76. The third kappa shape index (κ3) is 6.27. The van der Waals surface area contributed by atoms with E-state index in [0.717, 1.165) is 18.4 Å². The molecule has 0 aliphatic heterocycles. The maximum Gasteiger partial charge on any atom is 0.306 e. The molecule has 1 amide bonds. The van der Waals surface area contributed by atoms with Gasteiger partial charge in [0, 0.05) is 12.5 Å². The van der Waals surface area contributed by atoms with Crippen molar-refractivity contribution in [3.63, 3.8) is 0 Å². The summed E-state index contributed by atoms with van der Waals surface area (Å²) < 4.78 is 21.1.